The van der Waals surface area contributed by atoms with Crippen LogP contribution in [0.5, 0.6) is 0 Å². The lowest BCUT2D eigenvalue weighted by Crippen LogP contribution is -2.20. The van der Waals surface area contributed by atoms with E-state index in [1.165, 1.54) is 0 Å². The Kier molecular flexibility index (Phi) is 6.50. The Morgan fingerprint density at radius 2 is 1.65 bits per heavy atom. The van der Waals surface area contributed by atoms with E-state index in [0.717, 1.165) is 29.8 Å². The number of amides is 1. The standard InChI is InChI=1S/C17H20F3NOS/c1-10(2)13(5)23-15(12(4)17(18,19)20)16(22)21-14-9-7-6-8-11(14)3/h6-9H,1-5H3,(H,21,22)/b15-12+. The molecular formula is C17H20F3NOS. The van der Waals surface area contributed by atoms with Crippen LogP contribution < -0.4 is 5.32 Å². The van der Waals surface area contributed by atoms with E-state index in [1.54, 1.807) is 52.0 Å². The zero-order chi connectivity index (χ0) is 17.8. The van der Waals surface area contributed by atoms with Gasteiger partial charge in [0, 0.05) is 11.3 Å². The number of halogens is 3. The lowest BCUT2D eigenvalue weighted by atomic mass is 10.2. The van der Waals surface area contributed by atoms with E-state index in [-0.39, 0.29) is 4.91 Å². The fourth-order valence-electron chi connectivity index (χ4n) is 1.57. The maximum atomic E-state index is 13.1. The molecule has 23 heavy (non-hydrogen) atoms. The second kappa shape index (κ2) is 7.73. The summed E-state index contributed by atoms with van der Waals surface area (Å²) >= 11 is 0.848. The first kappa shape index (κ1) is 19.4. The summed E-state index contributed by atoms with van der Waals surface area (Å²) in [6.45, 7) is 8.00. The van der Waals surface area contributed by atoms with Gasteiger partial charge in [-0.3, -0.25) is 4.79 Å². The number of alkyl halides is 3. The first-order valence-electron chi connectivity index (χ1n) is 7.01. The van der Waals surface area contributed by atoms with Gasteiger partial charge in [0.25, 0.3) is 5.91 Å². The van der Waals surface area contributed by atoms with Crippen molar-refractivity contribution >= 4 is 23.4 Å². The maximum absolute atomic E-state index is 13.1. The van der Waals surface area contributed by atoms with Crippen LogP contribution in [0.4, 0.5) is 18.9 Å². The van der Waals surface area contributed by atoms with E-state index in [4.69, 9.17) is 0 Å². The molecule has 1 rings (SSSR count). The molecule has 0 aliphatic carbocycles. The highest BCUT2D eigenvalue weighted by atomic mass is 32.2. The summed E-state index contributed by atoms with van der Waals surface area (Å²) in [7, 11) is 0. The lowest BCUT2D eigenvalue weighted by molar-refractivity contribution is -0.114. The normalized spacial score (nSPS) is 12.5. The molecule has 0 atom stereocenters. The number of aryl methyl sites for hydroxylation is 1. The number of carbonyl (C=O) groups excluding carboxylic acids is 1. The number of carbonyl (C=O) groups is 1. The molecule has 1 aromatic carbocycles. The van der Waals surface area contributed by atoms with Gasteiger partial charge in [-0.2, -0.15) is 13.2 Å². The number of benzene rings is 1. The molecule has 0 saturated carbocycles. The van der Waals surface area contributed by atoms with Gasteiger partial charge < -0.3 is 5.32 Å². The van der Waals surface area contributed by atoms with Crippen molar-refractivity contribution < 1.29 is 18.0 Å². The molecule has 0 radical (unpaired) electrons. The molecule has 1 N–H and O–H groups in total. The summed E-state index contributed by atoms with van der Waals surface area (Å²) in [4.78, 5) is 12.7. The Hall–Kier alpha value is -1.69. The summed E-state index contributed by atoms with van der Waals surface area (Å²) in [5, 5.41) is 2.57. The molecule has 2 nitrogen and oxygen atoms in total. The summed E-state index contributed by atoms with van der Waals surface area (Å²) in [6, 6.07) is 6.96. The van der Waals surface area contributed by atoms with Gasteiger partial charge in [0.1, 0.15) is 0 Å². The van der Waals surface area contributed by atoms with Crippen LogP contribution in [0.3, 0.4) is 0 Å². The minimum absolute atomic E-state index is 0.334. The smallest absolute Gasteiger partial charge is 0.321 e. The third-order valence-corrected chi connectivity index (χ3v) is 4.73. The van der Waals surface area contributed by atoms with Crippen LogP contribution in [-0.2, 0) is 4.79 Å². The van der Waals surface area contributed by atoms with Crippen molar-refractivity contribution in [2.75, 3.05) is 5.32 Å². The fraction of sp³-hybridized carbons (Fsp3) is 0.353. The van der Waals surface area contributed by atoms with Crippen LogP contribution >= 0.6 is 11.8 Å². The number of thioether (sulfide) groups is 1. The van der Waals surface area contributed by atoms with Crippen LogP contribution in [0.2, 0.25) is 0 Å². The largest absolute Gasteiger partial charge is 0.413 e. The third kappa shape index (κ3) is 5.46. The highest BCUT2D eigenvalue weighted by molar-refractivity contribution is 8.07. The Bertz CT molecular complexity index is 656. The maximum Gasteiger partial charge on any atom is 0.413 e. The quantitative estimate of drug-likeness (QED) is 0.698. The van der Waals surface area contributed by atoms with E-state index in [1.807, 2.05) is 0 Å². The summed E-state index contributed by atoms with van der Waals surface area (Å²) in [6.07, 6.45) is -4.55. The second-order valence-corrected chi connectivity index (χ2v) is 6.60. The van der Waals surface area contributed by atoms with Crippen molar-refractivity contribution in [2.45, 2.75) is 40.8 Å². The van der Waals surface area contributed by atoms with Crippen molar-refractivity contribution in [3.8, 4) is 0 Å². The molecule has 0 aromatic heterocycles. The monoisotopic (exact) mass is 343 g/mol. The molecule has 0 unspecified atom stereocenters. The van der Waals surface area contributed by atoms with Crippen LogP contribution in [0.15, 0.2) is 45.2 Å². The molecule has 6 heteroatoms. The molecular weight excluding hydrogens is 323 g/mol. The van der Waals surface area contributed by atoms with Crippen molar-refractivity contribution in [3.05, 3.63) is 50.8 Å². The van der Waals surface area contributed by atoms with Crippen molar-refractivity contribution in [1.82, 2.24) is 0 Å². The van der Waals surface area contributed by atoms with E-state index in [2.05, 4.69) is 5.32 Å². The SMILES string of the molecule is CC(C)=C(C)S/C(C(=O)Nc1ccccc1C)=C(\C)C(F)(F)F. The summed E-state index contributed by atoms with van der Waals surface area (Å²) < 4.78 is 39.2. The number of nitrogens with one attached hydrogen (secondary N) is 1. The van der Waals surface area contributed by atoms with Gasteiger partial charge in [-0.05, 0) is 51.2 Å². The molecule has 0 aliphatic rings. The number of para-hydroxylation sites is 1. The van der Waals surface area contributed by atoms with Gasteiger partial charge in [-0.15, -0.1) is 0 Å². The number of allylic oxidation sites excluding steroid dienone is 3. The van der Waals surface area contributed by atoms with Gasteiger partial charge in [0.15, 0.2) is 0 Å². The van der Waals surface area contributed by atoms with Gasteiger partial charge in [0.2, 0.25) is 0 Å². The van der Waals surface area contributed by atoms with Gasteiger partial charge >= 0.3 is 6.18 Å². The van der Waals surface area contributed by atoms with Gasteiger partial charge in [-0.25, -0.2) is 0 Å². The Morgan fingerprint density at radius 1 is 1.09 bits per heavy atom. The summed E-state index contributed by atoms with van der Waals surface area (Å²) in [5.41, 5.74) is 1.26. The minimum atomic E-state index is -4.55. The van der Waals surface area contributed by atoms with E-state index >= 15 is 0 Å². The van der Waals surface area contributed by atoms with Crippen molar-refractivity contribution in [1.29, 1.82) is 0 Å². The minimum Gasteiger partial charge on any atom is -0.321 e. The second-order valence-electron chi connectivity index (χ2n) is 5.38. The zero-order valence-corrected chi connectivity index (χ0v) is 14.6. The zero-order valence-electron chi connectivity index (χ0n) is 13.8. The number of hydrogen-bond acceptors (Lipinski definition) is 2. The number of hydrogen-bond donors (Lipinski definition) is 1. The number of rotatable bonds is 4. The highest BCUT2D eigenvalue weighted by Gasteiger charge is 2.35. The van der Waals surface area contributed by atoms with E-state index in [9.17, 15) is 18.0 Å². The Morgan fingerprint density at radius 3 is 2.13 bits per heavy atom. The predicted molar refractivity (Wildman–Crippen MR) is 90.2 cm³/mol. The first-order chi connectivity index (χ1) is 10.5. The average Bonchev–Trinajstić information content (AvgIpc) is 2.44. The topological polar surface area (TPSA) is 29.1 Å². The van der Waals surface area contributed by atoms with E-state index < -0.39 is 17.7 Å². The molecule has 1 amide bonds. The van der Waals surface area contributed by atoms with Crippen LogP contribution in [0, 0.1) is 6.92 Å². The molecule has 0 saturated heterocycles. The van der Waals surface area contributed by atoms with Crippen LogP contribution in [0.1, 0.15) is 33.3 Å². The molecule has 0 fully saturated rings. The van der Waals surface area contributed by atoms with Crippen LogP contribution in [-0.4, -0.2) is 12.1 Å². The highest BCUT2D eigenvalue weighted by Crippen LogP contribution is 2.37. The predicted octanol–water partition coefficient (Wildman–Crippen LogP) is 5.82. The molecule has 0 aliphatic heterocycles. The first-order valence-corrected chi connectivity index (χ1v) is 7.82. The number of anilines is 1. The van der Waals surface area contributed by atoms with Gasteiger partial charge in [0.05, 0.1) is 4.91 Å². The fourth-order valence-corrected chi connectivity index (χ4v) is 2.49. The van der Waals surface area contributed by atoms with E-state index in [0.29, 0.717) is 10.6 Å². The average molecular weight is 343 g/mol. The molecule has 126 valence electrons. The lowest BCUT2D eigenvalue weighted by Gasteiger charge is -2.16. The van der Waals surface area contributed by atoms with Crippen molar-refractivity contribution in [3.63, 3.8) is 0 Å². The summed E-state index contributed by atoms with van der Waals surface area (Å²) in [5.74, 6) is -0.750. The Labute approximate surface area is 138 Å². The Balaban J connectivity index is 3.22. The molecule has 1 aromatic rings. The van der Waals surface area contributed by atoms with Crippen molar-refractivity contribution in [2.24, 2.45) is 0 Å². The van der Waals surface area contributed by atoms with Gasteiger partial charge in [-0.1, -0.05) is 35.5 Å². The molecule has 0 heterocycles. The van der Waals surface area contributed by atoms with Crippen LogP contribution in [0.25, 0.3) is 0 Å². The molecule has 0 spiro atoms. The third-order valence-electron chi connectivity index (χ3n) is 3.32. The molecule has 0 bridgehead atoms.